The highest BCUT2D eigenvalue weighted by Gasteiger charge is 2.16. The Hall–Kier alpha value is -1.88. The minimum absolute atomic E-state index is 0.0648. The molecule has 0 rings (SSSR count). The van der Waals surface area contributed by atoms with Gasteiger partial charge in [-0.1, -0.05) is 224 Å². The Morgan fingerprint density at radius 1 is 0.397 bits per heavy atom. The van der Waals surface area contributed by atoms with Gasteiger partial charge in [-0.25, -0.2) is 0 Å². The SMILES string of the molecule is CCCCC/C=C\C/C=C\CCCCCCCCCCCC(=O)OC(CO)COC(=O)CCCCCCCCCCCCCCC/C=C\CCCCCCCCCC. The molecule has 0 aliphatic carbocycles. The molecule has 0 saturated heterocycles. The van der Waals surface area contributed by atoms with Gasteiger partial charge in [-0.15, -0.1) is 0 Å². The van der Waals surface area contributed by atoms with Crippen molar-refractivity contribution >= 4 is 11.9 Å². The van der Waals surface area contributed by atoms with E-state index >= 15 is 0 Å². The van der Waals surface area contributed by atoms with Crippen molar-refractivity contribution in [3.8, 4) is 0 Å². The molecule has 1 N–H and O–H groups in total. The van der Waals surface area contributed by atoms with Crippen molar-refractivity contribution in [2.45, 2.75) is 277 Å². The van der Waals surface area contributed by atoms with Gasteiger partial charge in [0.15, 0.2) is 6.10 Å². The van der Waals surface area contributed by atoms with Gasteiger partial charge >= 0.3 is 11.9 Å². The monoisotopic (exact) mass is 815 g/mol. The minimum Gasteiger partial charge on any atom is -0.462 e. The lowest BCUT2D eigenvalue weighted by atomic mass is 10.0. The van der Waals surface area contributed by atoms with Gasteiger partial charge in [0.2, 0.25) is 0 Å². The first-order valence-corrected chi connectivity index (χ1v) is 25.5. The molecule has 1 unspecified atom stereocenters. The van der Waals surface area contributed by atoms with Crippen LogP contribution in [0.25, 0.3) is 0 Å². The maximum Gasteiger partial charge on any atom is 0.306 e. The lowest BCUT2D eigenvalue weighted by Gasteiger charge is -2.15. The Morgan fingerprint density at radius 2 is 0.690 bits per heavy atom. The van der Waals surface area contributed by atoms with Crippen LogP contribution in [0.4, 0.5) is 0 Å². The molecule has 0 spiro atoms. The summed E-state index contributed by atoms with van der Waals surface area (Å²) in [7, 11) is 0. The second kappa shape index (κ2) is 49.5. The number of carbonyl (C=O) groups excluding carboxylic acids is 2. The van der Waals surface area contributed by atoms with Crippen molar-refractivity contribution in [2.75, 3.05) is 13.2 Å². The highest BCUT2D eigenvalue weighted by Crippen LogP contribution is 2.16. The van der Waals surface area contributed by atoms with Crippen molar-refractivity contribution in [3.63, 3.8) is 0 Å². The summed E-state index contributed by atoms with van der Waals surface area (Å²) in [4.78, 5) is 24.4. The van der Waals surface area contributed by atoms with E-state index in [0.717, 1.165) is 44.9 Å². The highest BCUT2D eigenvalue weighted by molar-refractivity contribution is 5.70. The second-order valence-electron chi connectivity index (χ2n) is 17.2. The lowest BCUT2D eigenvalue weighted by molar-refractivity contribution is -0.161. The molecule has 1 atom stereocenters. The first-order valence-electron chi connectivity index (χ1n) is 25.5. The van der Waals surface area contributed by atoms with Gasteiger partial charge in [0, 0.05) is 12.8 Å². The van der Waals surface area contributed by atoms with Crippen LogP contribution in [-0.2, 0) is 19.1 Å². The molecule has 0 aliphatic heterocycles. The Labute approximate surface area is 361 Å². The molecule has 0 saturated carbocycles. The van der Waals surface area contributed by atoms with Crippen molar-refractivity contribution < 1.29 is 24.2 Å². The third kappa shape index (κ3) is 46.8. The van der Waals surface area contributed by atoms with E-state index in [1.54, 1.807) is 0 Å². The molecule has 58 heavy (non-hydrogen) atoms. The number of aliphatic hydroxyl groups is 1. The summed E-state index contributed by atoms with van der Waals surface area (Å²) in [6.45, 7) is 4.14. The molecule has 5 heteroatoms. The van der Waals surface area contributed by atoms with E-state index in [9.17, 15) is 14.7 Å². The van der Waals surface area contributed by atoms with Crippen molar-refractivity contribution in [3.05, 3.63) is 36.5 Å². The predicted molar refractivity (Wildman–Crippen MR) is 251 cm³/mol. The molecular formula is C53H98O5. The van der Waals surface area contributed by atoms with Crippen molar-refractivity contribution in [1.29, 1.82) is 0 Å². The Bertz CT molecular complexity index is 924. The molecule has 0 heterocycles. The normalized spacial score (nSPS) is 12.4. The summed E-state index contributed by atoms with van der Waals surface area (Å²) in [6, 6.07) is 0. The topological polar surface area (TPSA) is 72.8 Å². The quantitative estimate of drug-likeness (QED) is 0.0376. The molecule has 0 aromatic rings. The van der Waals surface area contributed by atoms with Crippen molar-refractivity contribution in [2.24, 2.45) is 0 Å². The number of ether oxygens (including phenoxy) is 2. The van der Waals surface area contributed by atoms with Gasteiger partial charge in [0.05, 0.1) is 6.61 Å². The zero-order chi connectivity index (χ0) is 42.1. The first-order chi connectivity index (χ1) is 28.6. The van der Waals surface area contributed by atoms with Gasteiger partial charge in [0.1, 0.15) is 6.61 Å². The zero-order valence-electron chi connectivity index (χ0n) is 38.8. The van der Waals surface area contributed by atoms with E-state index in [4.69, 9.17) is 9.47 Å². The van der Waals surface area contributed by atoms with Crippen LogP contribution in [0.2, 0.25) is 0 Å². The summed E-state index contributed by atoms with van der Waals surface area (Å²) in [6.07, 6.45) is 62.4. The lowest BCUT2D eigenvalue weighted by Crippen LogP contribution is -2.28. The van der Waals surface area contributed by atoms with E-state index < -0.39 is 6.10 Å². The van der Waals surface area contributed by atoms with Crippen LogP contribution < -0.4 is 0 Å². The second-order valence-corrected chi connectivity index (χ2v) is 17.2. The summed E-state index contributed by atoms with van der Waals surface area (Å²) in [5.74, 6) is -0.585. The standard InChI is InChI=1S/C53H98O5/c1-3-5-7-9-11-13-15-17-19-21-23-24-25-26-27-28-30-31-33-35-37-39-41-43-45-47-52(55)57-50-51(49-54)58-53(56)48-46-44-42-40-38-36-34-32-29-22-20-18-16-14-12-10-8-6-4-2/h12,14,18,20-21,23,51,54H,3-11,13,15-17,19,22,24-50H2,1-2H3/b14-12-,20-18-,23-21-. The van der Waals surface area contributed by atoms with Crippen LogP contribution in [0.5, 0.6) is 0 Å². The maximum absolute atomic E-state index is 12.2. The van der Waals surface area contributed by atoms with Gasteiger partial charge in [-0.3, -0.25) is 9.59 Å². The molecule has 0 amide bonds. The van der Waals surface area contributed by atoms with E-state index in [0.29, 0.717) is 12.8 Å². The van der Waals surface area contributed by atoms with E-state index in [1.165, 1.54) is 199 Å². The Balaban J connectivity index is 3.47. The molecule has 0 aromatic heterocycles. The predicted octanol–water partition coefficient (Wildman–Crippen LogP) is 16.7. The number of carbonyl (C=O) groups is 2. The fraction of sp³-hybridized carbons (Fsp3) is 0.849. The fourth-order valence-corrected chi connectivity index (χ4v) is 7.52. The molecule has 5 nitrogen and oxygen atoms in total. The first kappa shape index (κ1) is 56.1. The highest BCUT2D eigenvalue weighted by atomic mass is 16.6. The summed E-state index contributed by atoms with van der Waals surface area (Å²) < 4.78 is 10.7. The molecule has 340 valence electrons. The van der Waals surface area contributed by atoms with E-state index in [1.807, 2.05) is 0 Å². The average molecular weight is 815 g/mol. The van der Waals surface area contributed by atoms with Crippen LogP contribution in [-0.4, -0.2) is 36.4 Å². The molecule has 0 fully saturated rings. The van der Waals surface area contributed by atoms with Crippen LogP contribution >= 0.6 is 0 Å². The number of esters is 2. The summed E-state index contributed by atoms with van der Waals surface area (Å²) >= 11 is 0. The average Bonchev–Trinajstić information content (AvgIpc) is 3.23. The number of hydrogen-bond donors (Lipinski definition) is 1. The van der Waals surface area contributed by atoms with Crippen LogP contribution in [0.3, 0.4) is 0 Å². The number of unbranched alkanes of at least 4 members (excludes halogenated alkanes) is 33. The number of allylic oxidation sites excluding steroid dienone is 6. The fourth-order valence-electron chi connectivity index (χ4n) is 7.52. The van der Waals surface area contributed by atoms with E-state index in [-0.39, 0.29) is 25.2 Å². The number of aliphatic hydroxyl groups excluding tert-OH is 1. The van der Waals surface area contributed by atoms with E-state index in [2.05, 4.69) is 50.3 Å². The molecular weight excluding hydrogens is 717 g/mol. The maximum atomic E-state index is 12.2. The molecule has 0 aliphatic rings. The number of hydrogen-bond acceptors (Lipinski definition) is 5. The van der Waals surface area contributed by atoms with Gasteiger partial charge < -0.3 is 14.6 Å². The third-order valence-corrected chi connectivity index (χ3v) is 11.4. The van der Waals surface area contributed by atoms with Gasteiger partial charge in [-0.05, 0) is 70.6 Å². The summed E-state index contributed by atoms with van der Waals surface area (Å²) in [5, 5.41) is 9.62. The summed E-state index contributed by atoms with van der Waals surface area (Å²) in [5.41, 5.74) is 0. The molecule has 0 bridgehead atoms. The largest absolute Gasteiger partial charge is 0.462 e. The van der Waals surface area contributed by atoms with Gasteiger partial charge in [0.25, 0.3) is 0 Å². The Morgan fingerprint density at radius 3 is 1.07 bits per heavy atom. The van der Waals surface area contributed by atoms with Crippen molar-refractivity contribution in [1.82, 2.24) is 0 Å². The molecule has 0 aromatic carbocycles. The number of rotatable bonds is 47. The smallest absolute Gasteiger partial charge is 0.306 e. The minimum atomic E-state index is -0.773. The third-order valence-electron chi connectivity index (χ3n) is 11.4. The zero-order valence-corrected chi connectivity index (χ0v) is 38.8. The van der Waals surface area contributed by atoms with Gasteiger partial charge in [-0.2, -0.15) is 0 Å². The van der Waals surface area contributed by atoms with Crippen LogP contribution in [0.15, 0.2) is 36.5 Å². The Kier molecular flexibility index (Phi) is 47.9. The van der Waals surface area contributed by atoms with Crippen LogP contribution in [0, 0.1) is 0 Å². The van der Waals surface area contributed by atoms with Crippen LogP contribution in [0.1, 0.15) is 271 Å². The molecule has 0 radical (unpaired) electrons.